The predicted octanol–water partition coefficient (Wildman–Crippen LogP) is 4.35. The molecule has 2 aromatic heterocycles. The van der Waals surface area contributed by atoms with E-state index in [1.54, 1.807) is 10.6 Å². The number of nitrogens with one attached hydrogen (secondary N) is 1. The van der Waals surface area contributed by atoms with Crippen LogP contribution in [-0.4, -0.2) is 70.1 Å². The quantitative estimate of drug-likeness (QED) is 0.0809. The van der Waals surface area contributed by atoms with Crippen LogP contribution in [0.4, 0.5) is 0 Å². The molecule has 0 radical (unpaired) electrons. The lowest BCUT2D eigenvalue weighted by atomic mass is 9.93. The molecule has 0 saturated carbocycles. The Morgan fingerprint density at radius 1 is 1.20 bits per heavy atom. The molecule has 0 aliphatic carbocycles. The van der Waals surface area contributed by atoms with Crippen molar-refractivity contribution in [3.05, 3.63) is 49.9 Å². The summed E-state index contributed by atoms with van der Waals surface area (Å²) in [6, 6.07) is 4.60. The fraction of sp³-hybridized carbons (Fsp3) is 0.552. The van der Waals surface area contributed by atoms with Gasteiger partial charge in [-0.2, -0.15) is 4.31 Å². The molecule has 1 fully saturated rings. The third-order valence-corrected chi connectivity index (χ3v) is 9.77. The molecule has 1 aromatic carbocycles. The molecule has 0 atom stereocenters. The van der Waals surface area contributed by atoms with Gasteiger partial charge in [0.25, 0.3) is 10.6 Å². The molecule has 240 valence electrons. The van der Waals surface area contributed by atoms with Crippen LogP contribution in [0, 0.1) is 16.0 Å². The van der Waals surface area contributed by atoms with E-state index in [4.69, 9.17) is 9.72 Å². The van der Waals surface area contributed by atoms with Gasteiger partial charge in [0.05, 0.1) is 35.6 Å². The summed E-state index contributed by atoms with van der Waals surface area (Å²) in [6.07, 6.45) is 5.92. The van der Waals surface area contributed by atoms with Crippen LogP contribution in [0.25, 0.3) is 22.4 Å². The molecule has 44 heavy (non-hydrogen) atoms. The van der Waals surface area contributed by atoms with Crippen molar-refractivity contribution >= 4 is 27.3 Å². The number of aromatic amines is 1. The molecule has 0 unspecified atom stereocenters. The molecule has 0 amide bonds. The van der Waals surface area contributed by atoms with Gasteiger partial charge in [0.15, 0.2) is 0 Å². The van der Waals surface area contributed by atoms with Gasteiger partial charge in [-0.05, 0) is 69.6 Å². The largest absolute Gasteiger partial charge is 0.493 e. The van der Waals surface area contributed by atoms with Crippen LogP contribution in [0.5, 0.6) is 5.75 Å². The Labute approximate surface area is 255 Å². The third kappa shape index (κ3) is 7.04. The van der Waals surface area contributed by atoms with Gasteiger partial charge in [0.2, 0.25) is 10.0 Å². The van der Waals surface area contributed by atoms with E-state index in [9.17, 15) is 28.5 Å². The summed E-state index contributed by atoms with van der Waals surface area (Å²) in [4.78, 5) is 36.0. The topological polar surface area (TPSA) is 182 Å². The summed E-state index contributed by atoms with van der Waals surface area (Å²) in [7, 11) is -3.88. The highest BCUT2D eigenvalue weighted by Crippen LogP contribution is 2.34. The highest BCUT2D eigenvalue weighted by atomic mass is 32.2. The van der Waals surface area contributed by atoms with Crippen LogP contribution in [0.2, 0.25) is 0 Å². The molecular weight excluding hydrogens is 592 g/mol. The van der Waals surface area contributed by atoms with Crippen molar-refractivity contribution in [3.63, 3.8) is 0 Å². The normalized spacial score (nSPS) is 14.9. The minimum Gasteiger partial charge on any atom is -0.493 e. The predicted molar refractivity (Wildman–Crippen MR) is 164 cm³/mol. The number of aromatic nitrogens is 3. The molecule has 2 N–H and O–H groups in total. The van der Waals surface area contributed by atoms with Gasteiger partial charge in [-0.25, -0.2) is 13.4 Å². The lowest BCUT2D eigenvalue weighted by molar-refractivity contribution is -0.757. The highest BCUT2D eigenvalue weighted by Gasteiger charge is 2.30. The maximum Gasteiger partial charge on any atom is 0.294 e. The monoisotopic (exact) mass is 632 g/mol. The van der Waals surface area contributed by atoms with Crippen LogP contribution < -0.4 is 10.3 Å². The minimum atomic E-state index is -3.88. The van der Waals surface area contributed by atoms with E-state index in [0.717, 1.165) is 24.8 Å². The van der Waals surface area contributed by atoms with E-state index in [1.807, 2.05) is 20.8 Å². The zero-order valence-corrected chi connectivity index (χ0v) is 26.1. The van der Waals surface area contributed by atoms with Crippen molar-refractivity contribution in [2.45, 2.75) is 77.2 Å². The van der Waals surface area contributed by atoms with E-state index in [0.29, 0.717) is 80.0 Å². The van der Waals surface area contributed by atoms with Crippen LogP contribution in [-0.2, 0) is 27.8 Å². The fourth-order valence-corrected chi connectivity index (χ4v) is 7.27. The third-order valence-electron chi connectivity index (χ3n) is 7.88. The Hall–Kier alpha value is -3.98. The molecule has 0 bridgehead atoms. The Morgan fingerprint density at radius 3 is 2.59 bits per heavy atom. The molecule has 3 heterocycles. The molecular formula is C29H40N6O8S. The van der Waals surface area contributed by atoms with Gasteiger partial charge in [0.1, 0.15) is 22.6 Å². The highest BCUT2D eigenvalue weighted by molar-refractivity contribution is 7.89. The van der Waals surface area contributed by atoms with Crippen molar-refractivity contribution in [1.82, 2.24) is 18.8 Å². The van der Waals surface area contributed by atoms with Crippen LogP contribution in [0.15, 0.2) is 33.0 Å². The number of piperidine rings is 1. The fourth-order valence-electron chi connectivity index (χ4n) is 5.78. The SMILES string of the molecule is CCCOc1ccc(S(=O)(=O)N2CCC(CCCO[N+](=O)[O-])CC2)cc1-c1nc2c(CCC)c(C=NO)n(CC)c2c(=O)[nH]1. The number of H-pyrrole nitrogens is 1. The lowest BCUT2D eigenvalue weighted by Crippen LogP contribution is -2.38. The average Bonchev–Trinajstić information content (AvgIpc) is 3.31. The molecule has 0 spiro atoms. The number of benzene rings is 1. The van der Waals surface area contributed by atoms with E-state index in [-0.39, 0.29) is 23.2 Å². The molecule has 1 saturated heterocycles. The molecule has 15 heteroatoms. The summed E-state index contributed by atoms with van der Waals surface area (Å²) in [5, 5.41) is 22.1. The van der Waals surface area contributed by atoms with E-state index in [2.05, 4.69) is 15.0 Å². The number of aryl methyl sites for hydroxylation is 2. The maximum absolute atomic E-state index is 13.8. The van der Waals surface area contributed by atoms with Gasteiger partial charge in [-0.3, -0.25) is 4.79 Å². The van der Waals surface area contributed by atoms with Crippen LogP contribution in [0.1, 0.15) is 70.6 Å². The van der Waals surface area contributed by atoms with Crippen LogP contribution >= 0.6 is 0 Å². The molecule has 14 nitrogen and oxygen atoms in total. The second-order valence-corrected chi connectivity index (χ2v) is 12.7. The first-order valence-corrected chi connectivity index (χ1v) is 16.5. The van der Waals surface area contributed by atoms with Gasteiger partial charge >= 0.3 is 0 Å². The zero-order chi connectivity index (χ0) is 31.9. The van der Waals surface area contributed by atoms with Gasteiger partial charge < -0.3 is 24.3 Å². The number of ether oxygens (including phenoxy) is 1. The molecule has 4 rings (SSSR count). The summed E-state index contributed by atoms with van der Waals surface area (Å²) in [6.45, 7) is 7.36. The molecule has 3 aromatic rings. The Morgan fingerprint density at radius 2 is 1.95 bits per heavy atom. The number of sulfonamides is 1. The van der Waals surface area contributed by atoms with Crippen LogP contribution in [0.3, 0.4) is 0 Å². The van der Waals surface area contributed by atoms with Crippen molar-refractivity contribution in [1.29, 1.82) is 0 Å². The number of rotatable bonds is 15. The van der Waals surface area contributed by atoms with Crippen molar-refractivity contribution in [2.24, 2.45) is 11.1 Å². The second kappa shape index (κ2) is 14.7. The first kappa shape index (κ1) is 32.9. The van der Waals surface area contributed by atoms with E-state index >= 15 is 0 Å². The van der Waals surface area contributed by atoms with Crippen molar-refractivity contribution in [3.8, 4) is 17.1 Å². The van der Waals surface area contributed by atoms with Crippen molar-refractivity contribution < 1.29 is 28.3 Å². The Balaban J connectivity index is 1.71. The lowest BCUT2D eigenvalue weighted by Gasteiger charge is -2.31. The standard InChI is InChI=1S/C29H40N6O8S/c1-4-8-22-24(19-30-37)34(6-3)27-26(22)31-28(32-29(27)36)23-18-21(10-11-25(23)42-16-5-2)44(40,41)33-14-12-20(13-15-33)9-7-17-43-35(38)39/h10-11,18-20,37H,4-9,12-17H2,1-3H3,(H,31,32,36). The number of oxime groups is 1. The summed E-state index contributed by atoms with van der Waals surface area (Å²) in [5.74, 6) is 0.833. The average molecular weight is 633 g/mol. The summed E-state index contributed by atoms with van der Waals surface area (Å²) in [5.41, 5.74) is 2.12. The number of hydrogen-bond donors (Lipinski definition) is 2. The van der Waals surface area contributed by atoms with Crippen molar-refractivity contribution in [2.75, 3.05) is 26.3 Å². The Kier molecular flexibility index (Phi) is 11.0. The smallest absolute Gasteiger partial charge is 0.294 e. The van der Waals surface area contributed by atoms with Gasteiger partial charge in [-0.1, -0.05) is 25.4 Å². The Bertz CT molecular complexity index is 1660. The molecule has 1 aliphatic heterocycles. The number of hydrogen-bond acceptors (Lipinski definition) is 10. The molecule has 1 aliphatic rings. The number of fused-ring (bicyclic) bond motifs is 1. The van der Waals surface area contributed by atoms with Gasteiger partial charge in [0, 0.05) is 25.2 Å². The van der Waals surface area contributed by atoms with E-state index in [1.165, 1.54) is 22.7 Å². The maximum atomic E-state index is 13.8. The number of nitrogens with zero attached hydrogens (tertiary/aromatic N) is 5. The van der Waals surface area contributed by atoms with Gasteiger partial charge in [-0.15, -0.1) is 10.1 Å². The second-order valence-electron chi connectivity index (χ2n) is 10.8. The summed E-state index contributed by atoms with van der Waals surface area (Å²) >= 11 is 0. The first-order chi connectivity index (χ1) is 21.2. The first-order valence-electron chi connectivity index (χ1n) is 15.0. The summed E-state index contributed by atoms with van der Waals surface area (Å²) < 4.78 is 36.7. The minimum absolute atomic E-state index is 0.0299. The van der Waals surface area contributed by atoms with E-state index < -0.39 is 20.7 Å². The zero-order valence-electron chi connectivity index (χ0n) is 25.3.